The highest BCUT2D eigenvalue weighted by Crippen LogP contribution is 2.40. The molecule has 3 aliphatic heterocycles. The van der Waals surface area contributed by atoms with Crippen LogP contribution in [-0.2, 0) is 0 Å². The molecule has 0 radical (unpaired) electrons. The van der Waals surface area contributed by atoms with Crippen molar-refractivity contribution >= 4 is 17.0 Å². The molecule has 2 bridgehead atoms. The Morgan fingerprint density at radius 1 is 1.25 bits per heavy atom. The monoisotopic (exact) mass is 381 g/mol. The Morgan fingerprint density at radius 3 is 3.00 bits per heavy atom. The van der Waals surface area contributed by atoms with E-state index in [-0.39, 0.29) is 5.91 Å². The SMILES string of the molecule is CCC[C@H]1CCC[C@H]2[C@@H]3C[C@@H](CN(C(=O)c4ccc5nc(C)oc5c4)C3)CN12. The van der Waals surface area contributed by atoms with Crippen LogP contribution in [0.4, 0.5) is 0 Å². The van der Waals surface area contributed by atoms with Crippen LogP contribution >= 0.6 is 0 Å². The number of benzene rings is 1. The molecule has 4 heterocycles. The van der Waals surface area contributed by atoms with Gasteiger partial charge in [-0.2, -0.15) is 0 Å². The van der Waals surface area contributed by atoms with Gasteiger partial charge in [0, 0.05) is 44.2 Å². The normalized spacial score (nSPS) is 30.4. The number of hydrogen-bond acceptors (Lipinski definition) is 4. The van der Waals surface area contributed by atoms with Crippen molar-refractivity contribution in [2.24, 2.45) is 11.8 Å². The molecule has 2 aromatic rings. The summed E-state index contributed by atoms with van der Waals surface area (Å²) in [5, 5.41) is 0. The fourth-order valence-corrected chi connectivity index (χ4v) is 6.08. The van der Waals surface area contributed by atoms with Gasteiger partial charge in [-0.1, -0.05) is 19.8 Å². The van der Waals surface area contributed by atoms with Gasteiger partial charge in [0.25, 0.3) is 5.91 Å². The highest BCUT2D eigenvalue weighted by molar-refractivity contribution is 5.97. The van der Waals surface area contributed by atoms with Gasteiger partial charge in [0.05, 0.1) is 0 Å². The number of carbonyl (C=O) groups excluding carboxylic acids is 1. The second-order valence-corrected chi connectivity index (χ2v) is 9.12. The fourth-order valence-electron chi connectivity index (χ4n) is 6.08. The van der Waals surface area contributed by atoms with Gasteiger partial charge >= 0.3 is 0 Å². The zero-order chi connectivity index (χ0) is 19.3. The largest absolute Gasteiger partial charge is 0.441 e. The smallest absolute Gasteiger partial charge is 0.254 e. The minimum Gasteiger partial charge on any atom is -0.441 e. The number of amides is 1. The van der Waals surface area contributed by atoms with Gasteiger partial charge < -0.3 is 9.32 Å². The first-order chi connectivity index (χ1) is 13.6. The van der Waals surface area contributed by atoms with Crippen LogP contribution in [0.1, 0.15) is 61.7 Å². The summed E-state index contributed by atoms with van der Waals surface area (Å²) in [5.74, 6) is 2.05. The number of aromatic nitrogens is 1. The summed E-state index contributed by atoms with van der Waals surface area (Å²) in [4.78, 5) is 22.5. The molecule has 0 spiro atoms. The number of hydrogen-bond donors (Lipinski definition) is 0. The predicted molar refractivity (Wildman–Crippen MR) is 109 cm³/mol. The first-order valence-corrected chi connectivity index (χ1v) is 11.0. The molecule has 3 aliphatic rings. The van der Waals surface area contributed by atoms with Gasteiger partial charge in [-0.15, -0.1) is 0 Å². The van der Waals surface area contributed by atoms with Crippen LogP contribution in [0, 0.1) is 18.8 Å². The fraction of sp³-hybridized carbons (Fsp3) is 0.652. The number of fused-ring (bicyclic) bond motifs is 5. The van der Waals surface area contributed by atoms with Crippen molar-refractivity contribution in [1.29, 1.82) is 0 Å². The molecule has 1 amide bonds. The van der Waals surface area contributed by atoms with Gasteiger partial charge in [0.15, 0.2) is 11.5 Å². The number of oxazole rings is 1. The van der Waals surface area contributed by atoms with E-state index < -0.39 is 0 Å². The molecular weight excluding hydrogens is 350 g/mol. The van der Waals surface area contributed by atoms with Crippen molar-refractivity contribution in [3.8, 4) is 0 Å². The Bertz CT molecular complexity index is 874. The van der Waals surface area contributed by atoms with Crippen LogP contribution in [0.25, 0.3) is 11.1 Å². The Labute approximate surface area is 167 Å². The lowest BCUT2D eigenvalue weighted by Crippen LogP contribution is -2.62. The maximum Gasteiger partial charge on any atom is 0.254 e. The third kappa shape index (κ3) is 3.14. The maximum absolute atomic E-state index is 13.3. The molecule has 150 valence electrons. The van der Waals surface area contributed by atoms with Gasteiger partial charge in [-0.3, -0.25) is 9.69 Å². The Kier molecular flexibility index (Phi) is 4.66. The lowest BCUT2D eigenvalue weighted by Gasteiger charge is -2.55. The van der Waals surface area contributed by atoms with Crippen molar-refractivity contribution in [1.82, 2.24) is 14.8 Å². The Balaban J connectivity index is 1.35. The minimum atomic E-state index is 0.153. The van der Waals surface area contributed by atoms with Crippen LogP contribution in [0.5, 0.6) is 0 Å². The molecule has 0 saturated carbocycles. The van der Waals surface area contributed by atoms with Crippen molar-refractivity contribution in [3.05, 3.63) is 29.7 Å². The molecule has 5 heteroatoms. The van der Waals surface area contributed by atoms with E-state index in [9.17, 15) is 4.79 Å². The summed E-state index contributed by atoms with van der Waals surface area (Å²) < 4.78 is 5.64. The highest BCUT2D eigenvalue weighted by Gasteiger charge is 2.45. The summed E-state index contributed by atoms with van der Waals surface area (Å²) in [6.07, 6.45) is 7.92. The zero-order valence-electron chi connectivity index (χ0n) is 17.1. The van der Waals surface area contributed by atoms with E-state index in [2.05, 4.69) is 21.7 Å². The highest BCUT2D eigenvalue weighted by atomic mass is 16.3. The van der Waals surface area contributed by atoms with Gasteiger partial charge in [0.1, 0.15) is 5.52 Å². The minimum absolute atomic E-state index is 0.153. The first-order valence-electron chi connectivity index (χ1n) is 11.0. The molecule has 0 N–H and O–H groups in total. The number of nitrogens with zero attached hydrogens (tertiary/aromatic N) is 3. The molecule has 1 aromatic heterocycles. The zero-order valence-corrected chi connectivity index (χ0v) is 17.1. The van der Waals surface area contributed by atoms with E-state index in [4.69, 9.17) is 4.42 Å². The van der Waals surface area contributed by atoms with Gasteiger partial charge in [-0.05, 0) is 55.7 Å². The molecule has 1 aromatic carbocycles. The molecule has 5 nitrogen and oxygen atoms in total. The number of piperidine rings is 3. The van der Waals surface area contributed by atoms with Crippen molar-refractivity contribution < 1.29 is 9.21 Å². The van der Waals surface area contributed by atoms with E-state index in [1.807, 2.05) is 25.1 Å². The van der Waals surface area contributed by atoms with Crippen LogP contribution < -0.4 is 0 Å². The van der Waals surface area contributed by atoms with Crippen LogP contribution in [0.3, 0.4) is 0 Å². The quantitative estimate of drug-likeness (QED) is 0.797. The summed E-state index contributed by atoms with van der Waals surface area (Å²) in [5.41, 5.74) is 2.26. The third-order valence-corrected chi connectivity index (χ3v) is 7.17. The predicted octanol–water partition coefficient (Wildman–Crippen LogP) is 4.25. The lowest BCUT2D eigenvalue weighted by molar-refractivity contribution is -0.0518. The molecule has 3 saturated heterocycles. The standard InChI is InChI=1S/C23H31N3O2/c1-3-5-19-6-4-7-21-18-10-16(13-26(19)21)12-25(14-18)23(27)17-8-9-20-22(11-17)28-15(2)24-20/h8-9,11,16,18-19,21H,3-7,10,12-14H2,1-2H3/t16-,18+,19-,21-/m0/s1. The molecular formula is C23H31N3O2. The van der Waals surface area contributed by atoms with Gasteiger partial charge in [-0.25, -0.2) is 4.98 Å². The Morgan fingerprint density at radius 2 is 2.14 bits per heavy atom. The van der Waals surface area contributed by atoms with Crippen LogP contribution in [0.15, 0.2) is 22.6 Å². The van der Waals surface area contributed by atoms with E-state index in [0.717, 1.165) is 30.2 Å². The lowest BCUT2D eigenvalue weighted by atomic mass is 9.74. The van der Waals surface area contributed by atoms with Crippen LogP contribution in [0.2, 0.25) is 0 Å². The third-order valence-electron chi connectivity index (χ3n) is 7.17. The molecule has 28 heavy (non-hydrogen) atoms. The first kappa shape index (κ1) is 18.2. The summed E-state index contributed by atoms with van der Waals surface area (Å²) in [6.45, 7) is 7.13. The second-order valence-electron chi connectivity index (χ2n) is 9.12. The van der Waals surface area contributed by atoms with E-state index in [1.54, 1.807) is 0 Å². The molecule has 4 atom stereocenters. The number of rotatable bonds is 3. The summed E-state index contributed by atoms with van der Waals surface area (Å²) in [7, 11) is 0. The van der Waals surface area contributed by atoms with Crippen molar-refractivity contribution in [2.45, 2.75) is 64.5 Å². The molecule has 0 unspecified atom stereocenters. The van der Waals surface area contributed by atoms with Crippen LogP contribution in [-0.4, -0.2) is 52.4 Å². The number of likely N-dealkylation sites (tertiary alicyclic amines) is 1. The average Bonchev–Trinajstić information content (AvgIpc) is 3.07. The van der Waals surface area contributed by atoms with E-state index in [1.165, 1.54) is 45.1 Å². The van der Waals surface area contributed by atoms with E-state index in [0.29, 0.717) is 29.4 Å². The summed E-state index contributed by atoms with van der Waals surface area (Å²) >= 11 is 0. The average molecular weight is 382 g/mol. The maximum atomic E-state index is 13.3. The summed E-state index contributed by atoms with van der Waals surface area (Å²) in [6, 6.07) is 7.13. The second kappa shape index (κ2) is 7.18. The number of carbonyl (C=O) groups is 1. The van der Waals surface area contributed by atoms with Crippen molar-refractivity contribution in [2.75, 3.05) is 19.6 Å². The van der Waals surface area contributed by atoms with Gasteiger partial charge in [0.2, 0.25) is 0 Å². The Hall–Kier alpha value is -1.88. The number of aryl methyl sites for hydroxylation is 1. The van der Waals surface area contributed by atoms with Crippen molar-refractivity contribution in [3.63, 3.8) is 0 Å². The van der Waals surface area contributed by atoms with E-state index >= 15 is 0 Å². The molecule has 3 fully saturated rings. The molecule has 5 rings (SSSR count). The topological polar surface area (TPSA) is 49.6 Å². The molecule has 0 aliphatic carbocycles.